The van der Waals surface area contributed by atoms with Crippen LogP contribution in [0.15, 0.2) is 11.7 Å². The molecule has 2 unspecified atom stereocenters. The fourth-order valence-corrected chi connectivity index (χ4v) is 4.72. The Bertz CT molecular complexity index is 425. The summed E-state index contributed by atoms with van der Waals surface area (Å²) in [6, 6.07) is 0.671. The van der Waals surface area contributed by atoms with Crippen LogP contribution >= 0.6 is 11.3 Å². The highest BCUT2D eigenvalue weighted by atomic mass is 32.1. The highest BCUT2D eigenvalue weighted by molar-refractivity contribution is 7.09. The Morgan fingerprint density at radius 3 is 2.90 bits per heavy atom. The van der Waals surface area contributed by atoms with Crippen LogP contribution in [0, 0.1) is 5.92 Å². The van der Waals surface area contributed by atoms with Crippen molar-refractivity contribution in [3.63, 3.8) is 0 Å². The normalized spacial score (nSPS) is 27.8. The van der Waals surface area contributed by atoms with Crippen molar-refractivity contribution in [3.8, 4) is 0 Å². The van der Waals surface area contributed by atoms with Crippen LogP contribution in [0.4, 0.5) is 0 Å². The van der Waals surface area contributed by atoms with Gasteiger partial charge in [-0.2, -0.15) is 0 Å². The standard InChI is InChI=1S/C17H29N3S/c1-3-14(2)16-10-19-17(7-5-4-6-8-17)12-20(16)11-15-9-18-13-21-15/h9,13-14,16,19H,3-8,10-12H2,1-2H3. The third-order valence-corrected chi connectivity index (χ3v) is 6.38. The van der Waals surface area contributed by atoms with E-state index in [9.17, 15) is 0 Å². The van der Waals surface area contributed by atoms with Crippen LogP contribution in [0.5, 0.6) is 0 Å². The van der Waals surface area contributed by atoms with Crippen LogP contribution in [-0.2, 0) is 6.54 Å². The largest absolute Gasteiger partial charge is 0.308 e. The first-order chi connectivity index (χ1) is 10.2. The van der Waals surface area contributed by atoms with E-state index in [0.717, 1.165) is 19.0 Å². The molecule has 2 heterocycles. The van der Waals surface area contributed by atoms with Crippen LogP contribution in [0.1, 0.15) is 57.2 Å². The average Bonchev–Trinajstić information content (AvgIpc) is 3.00. The van der Waals surface area contributed by atoms with E-state index in [1.165, 1.54) is 49.9 Å². The summed E-state index contributed by atoms with van der Waals surface area (Å²) >= 11 is 1.80. The first-order valence-corrected chi connectivity index (χ1v) is 9.47. The topological polar surface area (TPSA) is 28.2 Å². The predicted molar refractivity (Wildman–Crippen MR) is 89.6 cm³/mol. The van der Waals surface area contributed by atoms with Gasteiger partial charge in [-0.3, -0.25) is 9.88 Å². The Morgan fingerprint density at radius 2 is 2.24 bits per heavy atom. The molecule has 118 valence electrons. The molecule has 1 aliphatic carbocycles. The molecule has 3 nitrogen and oxygen atoms in total. The Morgan fingerprint density at radius 1 is 1.43 bits per heavy atom. The molecule has 0 amide bonds. The van der Waals surface area contributed by atoms with Crippen molar-refractivity contribution in [2.75, 3.05) is 13.1 Å². The van der Waals surface area contributed by atoms with Gasteiger partial charge in [-0.05, 0) is 18.8 Å². The molecular formula is C17H29N3S. The Balaban J connectivity index is 1.74. The lowest BCUT2D eigenvalue weighted by Crippen LogP contribution is -2.65. The lowest BCUT2D eigenvalue weighted by atomic mass is 9.78. The lowest BCUT2D eigenvalue weighted by Gasteiger charge is -2.51. The second-order valence-electron chi connectivity index (χ2n) is 7.05. The Kier molecular flexibility index (Phi) is 4.97. The van der Waals surface area contributed by atoms with Crippen LogP contribution in [0.3, 0.4) is 0 Å². The molecule has 0 bridgehead atoms. The molecule has 2 aliphatic rings. The van der Waals surface area contributed by atoms with Crippen molar-refractivity contribution in [1.29, 1.82) is 0 Å². The van der Waals surface area contributed by atoms with E-state index in [1.54, 1.807) is 11.3 Å². The maximum atomic E-state index is 4.26. The van der Waals surface area contributed by atoms with E-state index in [-0.39, 0.29) is 0 Å². The Labute approximate surface area is 133 Å². The van der Waals surface area contributed by atoms with Gasteiger partial charge in [0.2, 0.25) is 0 Å². The summed E-state index contributed by atoms with van der Waals surface area (Å²) in [7, 11) is 0. The molecule has 21 heavy (non-hydrogen) atoms. The van der Waals surface area contributed by atoms with Gasteiger partial charge in [0, 0.05) is 42.3 Å². The van der Waals surface area contributed by atoms with Crippen molar-refractivity contribution in [2.45, 2.75) is 70.5 Å². The molecule has 0 aromatic carbocycles. The molecule has 2 fully saturated rings. The fraction of sp³-hybridized carbons (Fsp3) is 0.824. The van der Waals surface area contributed by atoms with Crippen molar-refractivity contribution in [2.24, 2.45) is 5.92 Å². The Hall–Kier alpha value is -0.450. The predicted octanol–water partition coefficient (Wildman–Crippen LogP) is 3.67. The third kappa shape index (κ3) is 3.49. The lowest BCUT2D eigenvalue weighted by molar-refractivity contribution is 0.0274. The van der Waals surface area contributed by atoms with Crippen LogP contribution in [-0.4, -0.2) is 34.6 Å². The quantitative estimate of drug-likeness (QED) is 0.920. The first kappa shape index (κ1) is 15.4. The van der Waals surface area contributed by atoms with Crippen molar-refractivity contribution < 1.29 is 0 Å². The number of piperazine rings is 1. The number of nitrogens with zero attached hydrogens (tertiary/aromatic N) is 2. The fourth-order valence-electron chi connectivity index (χ4n) is 4.10. The van der Waals surface area contributed by atoms with Gasteiger partial charge in [-0.1, -0.05) is 39.5 Å². The maximum Gasteiger partial charge on any atom is 0.0794 e. The summed E-state index contributed by atoms with van der Waals surface area (Å²) in [6.07, 6.45) is 10.3. The summed E-state index contributed by atoms with van der Waals surface area (Å²) < 4.78 is 0. The van der Waals surface area contributed by atoms with E-state index < -0.39 is 0 Å². The summed E-state index contributed by atoms with van der Waals surface area (Å²) in [5.41, 5.74) is 2.36. The maximum absolute atomic E-state index is 4.26. The van der Waals surface area contributed by atoms with E-state index in [2.05, 4.69) is 29.0 Å². The molecule has 1 N–H and O–H groups in total. The van der Waals surface area contributed by atoms with E-state index in [0.29, 0.717) is 11.6 Å². The van der Waals surface area contributed by atoms with E-state index in [4.69, 9.17) is 0 Å². The van der Waals surface area contributed by atoms with Gasteiger partial charge in [0.1, 0.15) is 0 Å². The number of nitrogens with one attached hydrogen (secondary N) is 1. The molecule has 1 aromatic heterocycles. The van der Waals surface area contributed by atoms with Crippen LogP contribution < -0.4 is 5.32 Å². The molecule has 1 aliphatic heterocycles. The molecule has 0 radical (unpaired) electrons. The molecule has 1 saturated heterocycles. The molecule has 1 spiro atoms. The van der Waals surface area contributed by atoms with Gasteiger partial charge < -0.3 is 5.32 Å². The number of thiazole rings is 1. The number of hydrogen-bond donors (Lipinski definition) is 1. The van der Waals surface area contributed by atoms with Gasteiger partial charge >= 0.3 is 0 Å². The molecule has 1 aromatic rings. The molecule has 3 rings (SSSR count). The average molecular weight is 308 g/mol. The monoisotopic (exact) mass is 307 g/mol. The van der Waals surface area contributed by atoms with Crippen molar-refractivity contribution >= 4 is 11.3 Å². The minimum Gasteiger partial charge on any atom is -0.308 e. The number of rotatable bonds is 4. The molecule has 2 atom stereocenters. The van der Waals surface area contributed by atoms with E-state index in [1.807, 2.05) is 11.7 Å². The summed E-state index contributed by atoms with van der Waals surface area (Å²) in [5.74, 6) is 0.756. The van der Waals surface area contributed by atoms with Crippen LogP contribution in [0.2, 0.25) is 0 Å². The summed E-state index contributed by atoms with van der Waals surface area (Å²) in [6.45, 7) is 8.20. The highest BCUT2D eigenvalue weighted by Crippen LogP contribution is 2.34. The highest BCUT2D eigenvalue weighted by Gasteiger charge is 2.40. The second kappa shape index (κ2) is 6.76. The SMILES string of the molecule is CCC(C)C1CNC2(CCCCC2)CN1Cc1cncs1. The zero-order valence-electron chi connectivity index (χ0n) is 13.5. The smallest absolute Gasteiger partial charge is 0.0794 e. The molecule has 4 heteroatoms. The molecular weight excluding hydrogens is 278 g/mol. The molecule has 1 saturated carbocycles. The zero-order chi connectivity index (χ0) is 14.7. The van der Waals surface area contributed by atoms with Gasteiger partial charge in [-0.15, -0.1) is 11.3 Å². The first-order valence-electron chi connectivity index (χ1n) is 8.59. The third-order valence-electron chi connectivity index (χ3n) is 5.61. The minimum absolute atomic E-state index is 0.396. The number of aromatic nitrogens is 1. The van der Waals surface area contributed by atoms with Gasteiger partial charge in [0.15, 0.2) is 0 Å². The zero-order valence-corrected chi connectivity index (χ0v) is 14.3. The summed E-state index contributed by atoms with van der Waals surface area (Å²) in [4.78, 5) is 8.42. The van der Waals surface area contributed by atoms with Gasteiger partial charge in [0.25, 0.3) is 0 Å². The van der Waals surface area contributed by atoms with Crippen molar-refractivity contribution in [1.82, 2.24) is 15.2 Å². The van der Waals surface area contributed by atoms with Crippen LogP contribution in [0.25, 0.3) is 0 Å². The number of hydrogen-bond acceptors (Lipinski definition) is 4. The second-order valence-corrected chi connectivity index (χ2v) is 8.02. The van der Waals surface area contributed by atoms with Gasteiger partial charge in [0.05, 0.1) is 5.51 Å². The summed E-state index contributed by atoms with van der Waals surface area (Å²) in [5, 5.41) is 3.96. The van der Waals surface area contributed by atoms with E-state index >= 15 is 0 Å². The van der Waals surface area contributed by atoms with Gasteiger partial charge in [-0.25, -0.2) is 0 Å². The minimum atomic E-state index is 0.396. The van der Waals surface area contributed by atoms with Crippen molar-refractivity contribution in [3.05, 3.63) is 16.6 Å².